The van der Waals surface area contributed by atoms with Gasteiger partial charge in [-0.25, -0.2) is 4.98 Å². The van der Waals surface area contributed by atoms with Crippen molar-refractivity contribution in [3.8, 4) is 0 Å². The van der Waals surface area contributed by atoms with Crippen LogP contribution in [0, 0.1) is 6.92 Å². The van der Waals surface area contributed by atoms with Gasteiger partial charge in [-0.1, -0.05) is 13.0 Å². The van der Waals surface area contributed by atoms with Crippen molar-refractivity contribution < 1.29 is 0 Å². The minimum absolute atomic E-state index is 0.936. The lowest BCUT2D eigenvalue weighted by molar-refractivity contribution is 0.580. The Kier molecular flexibility index (Phi) is 4.06. The Hall–Kier alpha value is -2.07. The smallest absolute Gasteiger partial charge is 0.105 e. The number of imidazole rings is 1. The molecule has 0 radical (unpaired) electrons. The molecule has 3 rings (SSSR count). The fourth-order valence-corrected chi connectivity index (χ4v) is 2.68. The number of benzene rings is 1. The first-order valence-corrected chi connectivity index (χ1v) is 7.54. The quantitative estimate of drug-likeness (QED) is 0.754. The molecule has 110 valence electrons. The average Bonchev–Trinajstić information content (AvgIpc) is 3.08. The molecule has 0 bridgehead atoms. The Morgan fingerprint density at radius 1 is 1.10 bits per heavy atom. The van der Waals surface area contributed by atoms with E-state index in [1.807, 2.05) is 19.3 Å². The van der Waals surface area contributed by atoms with Crippen LogP contribution in [0.2, 0.25) is 0 Å². The highest BCUT2D eigenvalue weighted by molar-refractivity contribution is 5.80. The molecule has 1 aromatic carbocycles. The van der Waals surface area contributed by atoms with Crippen molar-refractivity contribution in [2.24, 2.45) is 0 Å². The zero-order valence-electron chi connectivity index (χ0n) is 12.7. The lowest BCUT2D eigenvalue weighted by atomic mass is 10.1. The predicted molar refractivity (Wildman–Crippen MR) is 86.3 cm³/mol. The normalized spacial score (nSPS) is 11.3. The van der Waals surface area contributed by atoms with Crippen LogP contribution in [0.25, 0.3) is 10.9 Å². The molecule has 0 saturated heterocycles. The van der Waals surface area contributed by atoms with Crippen molar-refractivity contribution in [3.05, 3.63) is 54.2 Å². The molecule has 4 nitrogen and oxygen atoms in total. The van der Waals surface area contributed by atoms with Crippen LogP contribution in [0.3, 0.4) is 0 Å². The summed E-state index contributed by atoms with van der Waals surface area (Å²) in [6.07, 6.45) is 6.07. The van der Waals surface area contributed by atoms with Crippen LogP contribution in [-0.4, -0.2) is 20.7 Å². The minimum Gasteiger partial charge on any atom is -0.346 e. The second-order valence-corrected chi connectivity index (χ2v) is 5.35. The summed E-state index contributed by atoms with van der Waals surface area (Å²) in [5.41, 5.74) is 2.64. The molecule has 0 fully saturated rings. The van der Waals surface area contributed by atoms with Gasteiger partial charge in [-0.2, -0.15) is 0 Å². The summed E-state index contributed by atoms with van der Waals surface area (Å²) in [6, 6.07) is 8.91. The number of hydrogen-bond donors (Lipinski definition) is 1. The van der Waals surface area contributed by atoms with Gasteiger partial charge in [-0.15, -0.1) is 0 Å². The lowest BCUT2D eigenvalue weighted by Gasteiger charge is -2.08. The number of aryl methyl sites for hydroxylation is 3. The van der Waals surface area contributed by atoms with Crippen LogP contribution in [0.15, 0.2) is 42.9 Å². The summed E-state index contributed by atoms with van der Waals surface area (Å²) in [5.74, 6) is 1.07. The third-order valence-electron chi connectivity index (χ3n) is 3.92. The summed E-state index contributed by atoms with van der Waals surface area (Å²) >= 11 is 0. The Balaban J connectivity index is 1.76. The summed E-state index contributed by atoms with van der Waals surface area (Å²) < 4.78 is 4.50. The molecule has 4 heteroatoms. The predicted octanol–water partition coefficient (Wildman–Crippen LogP) is 2.96. The number of aromatic nitrogens is 3. The maximum atomic E-state index is 4.27. The minimum atomic E-state index is 0.936. The molecule has 0 amide bonds. The molecule has 0 spiro atoms. The van der Waals surface area contributed by atoms with Gasteiger partial charge in [-0.05, 0) is 42.6 Å². The Labute approximate surface area is 125 Å². The zero-order valence-corrected chi connectivity index (χ0v) is 12.7. The number of rotatable bonds is 6. The monoisotopic (exact) mass is 282 g/mol. The van der Waals surface area contributed by atoms with Gasteiger partial charge in [-0.3, -0.25) is 0 Å². The van der Waals surface area contributed by atoms with Gasteiger partial charge < -0.3 is 14.5 Å². The number of nitrogens with zero attached hydrogens (tertiary/aromatic N) is 3. The van der Waals surface area contributed by atoms with E-state index in [-0.39, 0.29) is 0 Å². The Bertz CT molecular complexity index is 723. The number of fused-ring (bicyclic) bond motifs is 1. The molecule has 21 heavy (non-hydrogen) atoms. The second-order valence-electron chi connectivity index (χ2n) is 5.35. The lowest BCUT2D eigenvalue weighted by Crippen LogP contribution is -2.11. The van der Waals surface area contributed by atoms with E-state index in [4.69, 9.17) is 0 Å². The Morgan fingerprint density at radius 2 is 1.95 bits per heavy atom. The van der Waals surface area contributed by atoms with Crippen LogP contribution in [0.4, 0.5) is 0 Å². The van der Waals surface area contributed by atoms with E-state index in [1.54, 1.807) is 0 Å². The highest BCUT2D eigenvalue weighted by atomic mass is 15.1. The van der Waals surface area contributed by atoms with Gasteiger partial charge in [0.2, 0.25) is 0 Å². The third kappa shape index (κ3) is 3.00. The molecule has 0 aliphatic carbocycles. The van der Waals surface area contributed by atoms with E-state index in [0.29, 0.717) is 0 Å². The fraction of sp³-hybridized carbons (Fsp3) is 0.353. The van der Waals surface area contributed by atoms with Crippen molar-refractivity contribution in [2.75, 3.05) is 6.54 Å². The van der Waals surface area contributed by atoms with Crippen molar-refractivity contribution in [2.45, 2.75) is 33.5 Å². The van der Waals surface area contributed by atoms with Gasteiger partial charge >= 0.3 is 0 Å². The van der Waals surface area contributed by atoms with Gasteiger partial charge in [0.1, 0.15) is 5.82 Å². The van der Waals surface area contributed by atoms with E-state index in [1.165, 1.54) is 16.5 Å². The topological polar surface area (TPSA) is 34.8 Å². The Morgan fingerprint density at radius 3 is 2.71 bits per heavy atom. The first-order valence-electron chi connectivity index (χ1n) is 7.54. The van der Waals surface area contributed by atoms with Crippen LogP contribution >= 0.6 is 0 Å². The van der Waals surface area contributed by atoms with Crippen LogP contribution in [-0.2, 0) is 19.6 Å². The molecule has 0 atom stereocenters. The fourth-order valence-electron chi connectivity index (χ4n) is 2.68. The second kappa shape index (κ2) is 6.14. The summed E-state index contributed by atoms with van der Waals surface area (Å²) in [6.45, 7) is 8.03. The van der Waals surface area contributed by atoms with E-state index >= 15 is 0 Å². The molecule has 2 heterocycles. The van der Waals surface area contributed by atoms with Crippen molar-refractivity contribution in [1.29, 1.82) is 0 Å². The van der Waals surface area contributed by atoms with E-state index < -0.39 is 0 Å². The molecule has 3 aromatic rings. The molecule has 0 saturated carbocycles. The zero-order chi connectivity index (χ0) is 14.7. The van der Waals surface area contributed by atoms with Gasteiger partial charge in [0.05, 0.1) is 0 Å². The molecule has 0 aliphatic heterocycles. The van der Waals surface area contributed by atoms with Crippen LogP contribution in [0.1, 0.15) is 18.3 Å². The molecule has 0 unspecified atom stereocenters. The average molecular weight is 282 g/mol. The SMILES string of the molecule is CCNCc1ccc2c(ccn2CCn2ccnc2C)c1. The summed E-state index contributed by atoms with van der Waals surface area (Å²) in [7, 11) is 0. The largest absolute Gasteiger partial charge is 0.346 e. The van der Waals surface area contributed by atoms with Crippen molar-refractivity contribution in [3.63, 3.8) is 0 Å². The first-order chi connectivity index (χ1) is 10.3. The van der Waals surface area contributed by atoms with Crippen molar-refractivity contribution >= 4 is 10.9 Å². The van der Waals surface area contributed by atoms with Gasteiger partial charge in [0.15, 0.2) is 0 Å². The molecule has 2 aromatic heterocycles. The maximum absolute atomic E-state index is 4.27. The van der Waals surface area contributed by atoms with Crippen LogP contribution in [0.5, 0.6) is 0 Å². The maximum Gasteiger partial charge on any atom is 0.105 e. The molecular formula is C17H22N4. The summed E-state index contributed by atoms with van der Waals surface area (Å²) in [5, 5.41) is 4.68. The summed E-state index contributed by atoms with van der Waals surface area (Å²) in [4.78, 5) is 4.27. The van der Waals surface area contributed by atoms with E-state index in [0.717, 1.165) is 32.0 Å². The first kappa shape index (κ1) is 13.9. The van der Waals surface area contributed by atoms with E-state index in [9.17, 15) is 0 Å². The van der Waals surface area contributed by atoms with Crippen molar-refractivity contribution in [1.82, 2.24) is 19.4 Å². The number of hydrogen-bond acceptors (Lipinski definition) is 2. The third-order valence-corrected chi connectivity index (χ3v) is 3.92. The highest BCUT2D eigenvalue weighted by Gasteiger charge is 2.03. The molecule has 0 aliphatic rings. The van der Waals surface area contributed by atoms with Gasteiger partial charge in [0, 0.05) is 43.7 Å². The molecular weight excluding hydrogens is 260 g/mol. The molecule has 1 N–H and O–H groups in total. The van der Waals surface area contributed by atoms with Gasteiger partial charge in [0.25, 0.3) is 0 Å². The van der Waals surface area contributed by atoms with Crippen LogP contribution < -0.4 is 5.32 Å². The number of nitrogens with one attached hydrogen (secondary N) is 1. The van der Waals surface area contributed by atoms with E-state index in [2.05, 4.69) is 56.8 Å². The highest BCUT2D eigenvalue weighted by Crippen LogP contribution is 2.18. The standard InChI is InChI=1S/C17H22N4/c1-3-18-13-15-4-5-17-16(12-15)6-8-21(17)11-10-20-9-7-19-14(20)2/h4-9,12,18H,3,10-11,13H2,1-2H3.